The van der Waals surface area contributed by atoms with Gasteiger partial charge in [0, 0.05) is 50.2 Å². The molecule has 30 heavy (non-hydrogen) atoms. The molecule has 3 aromatic rings. The molecular formula is C22H27N5O2S. The molecule has 1 aliphatic heterocycles. The predicted octanol–water partition coefficient (Wildman–Crippen LogP) is 2.58. The third-order valence-electron chi connectivity index (χ3n) is 5.33. The van der Waals surface area contributed by atoms with E-state index in [0.29, 0.717) is 28.2 Å². The number of aryl methyl sites for hydroxylation is 1. The molecule has 1 amide bonds. The quantitative estimate of drug-likeness (QED) is 0.562. The average Bonchev–Trinajstić information content (AvgIpc) is 3.10. The molecule has 3 heterocycles. The Morgan fingerprint density at radius 3 is 2.73 bits per heavy atom. The number of aromatic nitrogens is 1. The van der Waals surface area contributed by atoms with Gasteiger partial charge in [-0.05, 0) is 31.0 Å². The van der Waals surface area contributed by atoms with Gasteiger partial charge in [-0.1, -0.05) is 12.1 Å². The van der Waals surface area contributed by atoms with Gasteiger partial charge in [-0.3, -0.25) is 4.79 Å². The van der Waals surface area contributed by atoms with Crippen LogP contribution in [0.3, 0.4) is 0 Å². The lowest BCUT2D eigenvalue weighted by molar-refractivity contribution is 0.0959. The molecule has 1 aliphatic rings. The number of nitrogens with one attached hydrogen (secondary N) is 2. The van der Waals surface area contributed by atoms with E-state index in [9.17, 15) is 4.79 Å². The number of benzene rings is 1. The van der Waals surface area contributed by atoms with E-state index in [0.717, 1.165) is 43.1 Å². The maximum Gasteiger partial charge on any atom is 0.263 e. The van der Waals surface area contributed by atoms with Gasteiger partial charge in [0.2, 0.25) is 0 Å². The van der Waals surface area contributed by atoms with Crippen molar-refractivity contribution in [2.24, 2.45) is 0 Å². The zero-order valence-corrected chi connectivity index (χ0v) is 18.1. The summed E-state index contributed by atoms with van der Waals surface area (Å²) in [4.78, 5) is 20.8. The van der Waals surface area contributed by atoms with Gasteiger partial charge in [0.15, 0.2) is 0 Å². The van der Waals surface area contributed by atoms with Gasteiger partial charge in [-0.25, -0.2) is 4.98 Å². The van der Waals surface area contributed by atoms with E-state index in [4.69, 9.17) is 10.5 Å². The molecule has 158 valence electrons. The van der Waals surface area contributed by atoms with Crippen molar-refractivity contribution < 1.29 is 9.53 Å². The van der Waals surface area contributed by atoms with Crippen molar-refractivity contribution in [1.82, 2.24) is 15.6 Å². The van der Waals surface area contributed by atoms with Crippen LogP contribution in [-0.2, 0) is 6.42 Å². The highest BCUT2D eigenvalue weighted by Gasteiger charge is 2.20. The second-order valence-electron chi connectivity index (χ2n) is 7.40. The molecule has 0 saturated carbocycles. The number of anilines is 2. The second-order valence-corrected chi connectivity index (χ2v) is 8.40. The third kappa shape index (κ3) is 4.20. The van der Waals surface area contributed by atoms with Crippen molar-refractivity contribution >= 4 is 38.8 Å². The predicted molar refractivity (Wildman–Crippen MR) is 123 cm³/mol. The van der Waals surface area contributed by atoms with Gasteiger partial charge in [0.25, 0.3) is 5.91 Å². The number of fused-ring (bicyclic) bond motifs is 1. The minimum Gasteiger partial charge on any atom is -0.496 e. The van der Waals surface area contributed by atoms with Crippen LogP contribution >= 0.6 is 11.3 Å². The van der Waals surface area contributed by atoms with Gasteiger partial charge in [-0.15, -0.1) is 11.3 Å². The molecule has 0 unspecified atom stereocenters. The van der Waals surface area contributed by atoms with Crippen LogP contribution in [0.4, 0.5) is 11.4 Å². The summed E-state index contributed by atoms with van der Waals surface area (Å²) in [5.41, 5.74) is 9.96. The number of carbonyl (C=O) groups excluding carboxylic acids is 1. The average molecular weight is 426 g/mol. The molecule has 7 nitrogen and oxygen atoms in total. The highest BCUT2D eigenvalue weighted by atomic mass is 32.1. The summed E-state index contributed by atoms with van der Waals surface area (Å²) in [7, 11) is 1.60. The molecule has 0 radical (unpaired) electrons. The molecule has 4 N–H and O–H groups in total. The van der Waals surface area contributed by atoms with Crippen LogP contribution in [0.5, 0.6) is 5.75 Å². The van der Waals surface area contributed by atoms with Crippen LogP contribution in [0.15, 0.2) is 30.3 Å². The summed E-state index contributed by atoms with van der Waals surface area (Å²) < 4.78 is 5.42. The smallest absolute Gasteiger partial charge is 0.263 e. The largest absolute Gasteiger partial charge is 0.496 e. The Kier molecular flexibility index (Phi) is 6.06. The number of nitrogens with two attached hydrogens (primary N) is 1. The molecule has 1 saturated heterocycles. The summed E-state index contributed by atoms with van der Waals surface area (Å²) in [6.45, 7) is 6.55. The maximum atomic E-state index is 12.7. The van der Waals surface area contributed by atoms with E-state index < -0.39 is 0 Å². The minimum absolute atomic E-state index is 0.173. The Balaban J connectivity index is 1.38. The van der Waals surface area contributed by atoms with Crippen LogP contribution in [0, 0.1) is 6.92 Å². The number of thiophene rings is 1. The number of pyridine rings is 1. The molecule has 0 aliphatic carbocycles. The molecule has 1 aromatic carbocycles. The Morgan fingerprint density at radius 1 is 1.30 bits per heavy atom. The highest BCUT2D eigenvalue weighted by molar-refractivity contribution is 7.21. The number of ether oxygens (including phenoxy) is 1. The van der Waals surface area contributed by atoms with Crippen LogP contribution < -0.4 is 26.0 Å². The number of hydrogen-bond acceptors (Lipinski definition) is 7. The van der Waals surface area contributed by atoms with Gasteiger partial charge in [0.05, 0.1) is 18.2 Å². The topological polar surface area (TPSA) is 92.5 Å². The van der Waals surface area contributed by atoms with Crippen LogP contribution in [0.2, 0.25) is 0 Å². The van der Waals surface area contributed by atoms with Crippen LogP contribution in [0.1, 0.15) is 20.9 Å². The standard InChI is InChI=1S/C22H27N5O2S/c1-14-13-17(29-2)18-19(23)20(30-22(18)26-14)21(28)25-8-7-15-3-5-16(6-4-15)27-11-9-24-10-12-27/h3-6,13,24H,7-12,23H2,1-2H3,(H,25,28). The highest BCUT2D eigenvalue weighted by Crippen LogP contribution is 2.38. The SMILES string of the molecule is COc1cc(C)nc2sc(C(=O)NCCc3ccc(N4CCNCC4)cc3)c(N)c12. The first-order chi connectivity index (χ1) is 14.6. The lowest BCUT2D eigenvalue weighted by atomic mass is 10.1. The summed E-state index contributed by atoms with van der Waals surface area (Å²) in [5, 5.41) is 7.06. The number of piperazine rings is 1. The van der Waals surface area contributed by atoms with E-state index in [1.54, 1.807) is 7.11 Å². The van der Waals surface area contributed by atoms with Crippen molar-refractivity contribution in [3.63, 3.8) is 0 Å². The normalized spacial score (nSPS) is 14.1. The summed E-state index contributed by atoms with van der Waals surface area (Å²) in [5.74, 6) is 0.475. The summed E-state index contributed by atoms with van der Waals surface area (Å²) >= 11 is 1.30. The van der Waals surface area contributed by atoms with E-state index in [1.165, 1.54) is 22.6 Å². The molecule has 1 fully saturated rings. The van der Waals surface area contributed by atoms with Crippen molar-refractivity contribution in [3.8, 4) is 5.75 Å². The van der Waals surface area contributed by atoms with Crippen LogP contribution in [-0.4, -0.2) is 50.7 Å². The zero-order valence-electron chi connectivity index (χ0n) is 17.3. The fraction of sp³-hybridized carbons (Fsp3) is 0.364. The molecule has 4 rings (SSSR count). The molecule has 0 spiro atoms. The van der Waals surface area contributed by atoms with Gasteiger partial charge in [-0.2, -0.15) is 0 Å². The first kappa shape index (κ1) is 20.4. The van der Waals surface area contributed by atoms with Crippen molar-refractivity contribution in [1.29, 1.82) is 0 Å². The van der Waals surface area contributed by atoms with E-state index in [1.807, 2.05) is 13.0 Å². The third-order valence-corrected chi connectivity index (χ3v) is 6.43. The fourth-order valence-electron chi connectivity index (χ4n) is 3.73. The van der Waals surface area contributed by atoms with Crippen molar-refractivity contribution in [2.75, 3.05) is 50.5 Å². The molecular weight excluding hydrogens is 398 g/mol. The Bertz CT molecular complexity index is 1040. The van der Waals surface area contributed by atoms with Crippen molar-refractivity contribution in [3.05, 3.63) is 46.5 Å². The monoisotopic (exact) mass is 425 g/mol. The van der Waals surface area contributed by atoms with Crippen molar-refractivity contribution in [2.45, 2.75) is 13.3 Å². The molecule has 0 bridgehead atoms. The van der Waals surface area contributed by atoms with Gasteiger partial charge in [0.1, 0.15) is 15.5 Å². The summed E-state index contributed by atoms with van der Waals surface area (Å²) in [6.07, 6.45) is 0.763. The second kappa shape index (κ2) is 8.89. The Hall–Kier alpha value is -2.84. The molecule has 0 atom stereocenters. The lowest BCUT2D eigenvalue weighted by Crippen LogP contribution is -2.43. The maximum absolute atomic E-state index is 12.7. The van der Waals surface area contributed by atoms with Gasteiger partial charge >= 0.3 is 0 Å². The number of nitrogens with zero attached hydrogens (tertiary/aromatic N) is 2. The lowest BCUT2D eigenvalue weighted by Gasteiger charge is -2.29. The number of amides is 1. The number of rotatable bonds is 6. The molecule has 8 heteroatoms. The number of methoxy groups -OCH3 is 1. The number of hydrogen-bond donors (Lipinski definition) is 3. The number of carbonyl (C=O) groups is 1. The van der Waals surface area contributed by atoms with E-state index in [-0.39, 0.29) is 5.91 Å². The zero-order chi connectivity index (χ0) is 21.1. The Labute approximate surface area is 180 Å². The first-order valence-corrected chi connectivity index (χ1v) is 10.9. The minimum atomic E-state index is -0.173. The van der Waals surface area contributed by atoms with E-state index >= 15 is 0 Å². The summed E-state index contributed by atoms with van der Waals surface area (Å²) in [6, 6.07) is 10.4. The first-order valence-electron chi connectivity index (χ1n) is 10.1. The number of nitrogen functional groups attached to an aromatic ring is 1. The van der Waals surface area contributed by atoms with E-state index in [2.05, 4.69) is 44.8 Å². The fourth-order valence-corrected chi connectivity index (χ4v) is 4.80. The Morgan fingerprint density at radius 2 is 2.03 bits per heavy atom. The van der Waals surface area contributed by atoms with Crippen LogP contribution in [0.25, 0.3) is 10.2 Å². The molecule has 2 aromatic heterocycles. The van der Waals surface area contributed by atoms with Gasteiger partial charge < -0.3 is 26.0 Å².